The summed E-state index contributed by atoms with van der Waals surface area (Å²) in [5.41, 5.74) is 1.28. The monoisotopic (exact) mass is 420 g/mol. The second-order valence-corrected chi connectivity index (χ2v) is 7.67. The fourth-order valence-electron chi connectivity index (χ4n) is 2.15. The molecule has 1 aromatic heterocycles. The molecule has 2 aromatic carbocycles. The van der Waals surface area contributed by atoms with Crippen LogP contribution >= 0.6 is 15.9 Å². The summed E-state index contributed by atoms with van der Waals surface area (Å²) in [6, 6.07) is 16.3. The molecule has 0 unspecified atom stereocenters. The van der Waals surface area contributed by atoms with Crippen molar-refractivity contribution in [2.45, 2.75) is 4.90 Å². The summed E-state index contributed by atoms with van der Waals surface area (Å²) in [7, 11) is -3.77. The van der Waals surface area contributed by atoms with Crippen molar-refractivity contribution in [3.05, 3.63) is 70.9 Å². The molecule has 8 heteroatoms. The zero-order chi connectivity index (χ0) is 18.0. The minimum atomic E-state index is -3.77. The molecule has 3 aromatic rings. The number of primary sulfonamides is 1. The van der Waals surface area contributed by atoms with Crippen LogP contribution in [0.1, 0.15) is 10.6 Å². The van der Waals surface area contributed by atoms with E-state index in [0.717, 1.165) is 10.0 Å². The van der Waals surface area contributed by atoms with E-state index < -0.39 is 15.9 Å². The minimum Gasteiger partial charge on any atom is -0.451 e. The van der Waals surface area contributed by atoms with Crippen LogP contribution in [-0.4, -0.2) is 14.3 Å². The molecule has 3 N–H and O–H groups in total. The molecule has 0 aliphatic rings. The summed E-state index contributed by atoms with van der Waals surface area (Å²) in [5, 5.41) is 7.67. The predicted octanol–water partition coefficient (Wildman–Crippen LogP) is 3.61. The minimum absolute atomic E-state index is 0.0268. The highest BCUT2D eigenvalue weighted by Gasteiger charge is 2.13. The van der Waals surface area contributed by atoms with Crippen LogP contribution in [0.5, 0.6) is 0 Å². The van der Waals surface area contributed by atoms with E-state index in [4.69, 9.17) is 9.56 Å². The van der Waals surface area contributed by atoms with Gasteiger partial charge in [0, 0.05) is 15.7 Å². The summed E-state index contributed by atoms with van der Waals surface area (Å²) >= 11 is 3.36. The number of carbonyl (C=O) groups excluding carboxylic acids is 1. The number of anilines is 1. The van der Waals surface area contributed by atoms with Crippen LogP contribution < -0.4 is 10.5 Å². The summed E-state index contributed by atoms with van der Waals surface area (Å²) in [5.74, 6) is 0.280. The number of halogens is 1. The molecule has 25 heavy (non-hydrogen) atoms. The van der Waals surface area contributed by atoms with Gasteiger partial charge in [0.1, 0.15) is 5.76 Å². The third-order valence-corrected chi connectivity index (χ3v) is 4.86. The summed E-state index contributed by atoms with van der Waals surface area (Å²) in [4.78, 5) is 12.2. The van der Waals surface area contributed by atoms with Crippen molar-refractivity contribution in [1.29, 1.82) is 0 Å². The van der Waals surface area contributed by atoms with Gasteiger partial charge in [0.15, 0.2) is 5.76 Å². The third kappa shape index (κ3) is 4.16. The Morgan fingerprint density at radius 3 is 2.20 bits per heavy atom. The number of amides is 1. The van der Waals surface area contributed by atoms with Gasteiger partial charge in [-0.25, -0.2) is 13.6 Å². The van der Waals surface area contributed by atoms with Crippen molar-refractivity contribution < 1.29 is 17.6 Å². The molecule has 6 nitrogen and oxygen atoms in total. The quantitative estimate of drug-likeness (QED) is 0.672. The van der Waals surface area contributed by atoms with E-state index in [1.165, 1.54) is 24.3 Å². The first-order chi connectivity index (χ1) is 11.8. The first-order valence-corrected chi connectivity index (χ1v) is 9.47. The van der Waals surface area contributed by atoms with Crippen LogP contribution in [-0.2, 0) is 10.0 Å². The maximum absolute atomic E-state index is 12.2. The fourth-order valence-corrected chi connectivity index (χ4v) is 2.93. The van der Waals surface area contributed by atoms with Gasteiger partial charge in [-0.15, -0.1) is 0 Å². The molecule has 0 saturated heterocycles. The molecule has 0 radical (unpaired) electrons. The number of hydrogen-bond acceptors (Lipinski definition) is 4. The molecule has 3 rings (SSSR count). The highest BCUT2D eigenvalue weighted by molar-refractivity contribution is 9.10. The van der Waals surface area contributed by atoms with Crippen LogP contribution in [0.2, 0.25) is 0 Å². The summed E-state index contributed by atoms with van der Waals surface area (Å²) in [6.45, 7) is 0. The van der Waals surface area contributed by atoms with E-state index in [2.05, 4.69) is 21.2 Å². The molecule has 0 atom stereocenters. The van der Waals surface area contributed by atoms with Crippen LogP contribution in [0.25, 0.3) is 11.3 Å². The third-order valence-electron chi connectivity index (χ3n) is 3.40. The normalized spacial score (nSPS) is 11.3. The standard InChI is InChI=1S/C17H13BrN2O4S/c18-12-3-1-11(2-4-12)15-9-10-16(24-15)17(21)20-13-5-7-14(8-6-13)25(19,22)23/h1-10H,(H,20,21)(H2,19,22,23). The van der Waals surface area contributed by atoms with Gasteiger partial charge in [-0.05, 0) is 48.5 Å². The maximum Gasteiger partial charge on any atom is 0.291 e. The molecule has 128 valence electrons. The van der Waals surface area contributed by atoms with Crippen molar-refractivity contribution in [1.82, 2.24) is 0 Å². The van der Waals surface area contributed by atoms with Gasteiger partial charge >= 0.3 is 0 Å². The number of sulfonamides is 1. The Hall–Kier alpha value is -2.42. The molecule has 0 aliphatic carbocycles. The van der Waals surface area contributed by atoms with Crippen molar-refractivity contribution in [3.63, 3.8) is 0 Å². The van der Waals surface area contributed by atoms with E-state index in [1.807, 2.05) is 24.3 Å². The zero-order valence-corrected chi connectivity index (χ0v) is 15.2. The highest BCUT2D eigenvalue weighted by atomic mass is 79.9. The zero-order valence-electron chi connectivity index (χ0n) is 12.8. The van der Waals surface area contributed by atoms with Gasteiger partial charge in [0.2, 0.25) is 10.0 Å². The lowest BCUT2D eigenvalue weighted by molar-refractivity contribution is 0.0997. The summed E-state index contributed by atoms with van der Waals surface area (Å²) < 4.78 is 29.0. The van der Waals surface area contributed by atoms with Crippen molar-refractivity contribution >= 4 is 37.5 Å². The van der Waals surface area contributed by atoms with E-state index in [-0.39, 0.29) is 10.7 Å². The maximum atomic E-state index is 12.2. The van der Waals surface area contributed by atoms with Gasteiger partial charge in [0.25, 0.3) is 5.91 Å². The lowest BCUT2D eigenvalue weighted by atomic mass is 10.2. The van der Waals surface area contributed by atoms with Crippen LogP contribution in [0.4, 0.5) is 5.69 Å². The highest BCUT2D eigenvalue weighted by Crippen LogP contribution is 2.24. The lowest BCUT2D eigenvalue weighted by Crippen LogP contribution is -2.13. The average Bonchev–Trinajstić information content (AvgIpc) is 3.05. The summed E-state index contributed by atoms with van der Waals surface area (Å²) in [6.07, 6.45) is 0. The van der Waals surface area contributed by atoms with Crippen LogP contribution in [0.15, 0.2) is 74.4 Å². The number of hydrogen-bond donors (Lipinski definition) is 2. The molecule has 0 bridgehead atoms. The Kier molecular flexibility index (Phi) is 4.76. The smallest absolute Gasteiger partial charge is 0.291 e. The largest absolute Gasteiger partial charge is 0.451 e. The van der Waals surface area contributed by atoms with Gasteiger partial charge in [-0.1, -0.05) is 28.1 Å². The number of nitrogens with one attached hydrogen (secondary N) is 1. The van der Waals surface area contributed by atoms with Gasteiger partial charge in [-0.3, -0.25) is 4.79 Å². The lowest BCUT2D eigenvalue weighted by Gasteiger charge is -2.04. The predicted molar refractivity (Wildman–Crippen MR) is 97.6 cm³/mol. The molecule has 1 heterocycles. The Morgan fingerprint density at radius 2 is 1.60 bits per heavy atom. The number of nitrogens with two attached hydrogens (primary N) is 1. The van der Waals surface area contributed by atoms with Crippen molar-refractivity contribution in [3.8, 4) is 11.3 Å². The van der Waals surface area contributed by atoms with Gasteiger partial charge in [-0.2, -0.15) is 0 Å². The molecule has 0 spiro atoms. The first kappa shape index (κ1) is 17.4. The van der Waals surface area contributed by atoms with E-state index in [9.17, 15) is 13.2 Å². The van der Waals surface area contributed by atoms with E-state index in [1.54, 1.807) is 12.1 Å². The van der Waals surface area contributed by atoms with Gasteiger partial charge in [0.05, 0.1) is 4.90 Å². The first-order valence-electron chi connectivity index (χ1n) is 7.13. The molecule has 1 amide bonds. The molecule has 0 saturated carbocycles. The fraction of sp³-hybridized carbons (Fsp3) is 0. The van der Waals surface area contributed by atoms with Gasteiger partial charge < -0.3 is 9.73 Å². The second kappa shape index (κ2) is 6.83. The van der Waals surface area contributed by atoms with E-state index in [0.29, 0.717) is 11.4 Å². The Balaban J connectivity index is 1.75. The van der Waals surface area contributed by atoms with Crippen LogP contribution in [0, 0.1) is 0 Å². The average molecular weight is 421 g/mol. The second-order valence-electron chi connectivity index (χ2n) is 5.19. The molecular weight excluding hydrogens is 408 g/mol. The molecule has 0 fully saturated rings. The van der Waals surface area contributed by atoms with E-state index >= 15 is 0 Å². The Morgan fingerprint density at radius 1 is 0.960 bits per heavy atom. The van der Waals surface area contributed by atoms with Crippen LogP contribution in [0.3, 0.4) is 0 Å². The Bertz CT molecular complexity index is 1010. The number of furan rings is 1. The number of rotatable bonds is 4. The van der Waals surface area contributed by atoms with Crippen molar-refractivity contribution in [2.75, 3.05) is 5.32 Å². The SMILES string of the molecule is NS(=O)(=O)c1ccc(NC(=O)c2ccc(-c3ccc(Br)cc3)o2)cc1. The number of benzene rings is 2. The molecular formula is C17H13BrN2O4S. The molecule has 0 aliphatic heterocycles. The topological polar surface area (TPSA) is 102 Å². The van der Waals surface area contributed by atoms with Crippen molar-refractivity contribution in [2.24, 2.45) is 5.14 Å². The Labute approximate surface area is 152 Å². The number of carbonyl (C=O) groups is 1.